The number of aromatic nitrogens is 2. The van der Waals surface area contributed by atoms with Gasteiger partial charge in [-0.05, 0) is 24.3 Å². The molecular weight excluding hydrogens is 364 g/mol. The lowest BCUT2D eigenvalue weighted by molar-refractivity contribution is -0.129. The number of hydrogen-bond donors (Lipinski definition) is 1. The summed E-state index contributed by atoms with van der Waals surface area (Å²) in [6.45, 7) is 0.293. The van der Waals surface area contributed by atoms with Gasteiger partial charge in [0.15, 0.2) is 0 Å². The number of carbonyl (C=O) groups excluding carboxylic acids is 2. The van der Waals surface area contributed by atoms with Gasteiger partial charge >= 0.3 is 0 Å². The van der Waals surface area contributed by atoms with Gasteiger partial charge in [0.1, 0.15) is 0 Å². The van der Waals surface area contributed by atoms with Gasteiger partial charge in [0.25, 0.3) is 5.91 Å². The number of hydrogen-bond acceptors (Lipinski definition) is 3. The van der Waals surface area contributed by atoms with Gasteiger partial charge in [0, 0.05) is 25.4 Å². The summed E-state index contributed by atoms with van der Waals surface area (Å²) in [5, 5.41) is 7.27. The fraction of sp³-hybridized carbons (Fsp3) is 0.150. The minimum Gasteiger partial charge on any atom is -0.343 e. The normalized spacial score (nSPS) is 10.4. The summed E-state index contributed by atoms with van der Waals surface area (Å²) in [6.07, 6.45) is 3.60. The Labute approximate surface area is 162 Å². The Kier molecular flexibility index (Phi) is 5.88. The van der Waals surface area contributed by atoms with Crippen molar-refractivity contribution in [2.45, 2.75) is 6.54 Å². The zero-order chi connectivity index (χ0) is 19.2. The highest BCUT2D eigenvalue weighted by molar-refractivity contribution is 6.33. The van der Waals surface area contributed by atoms with E-state index in [1.165, 1.54) is 0 Å². The van der Waals surface area contributed by atoms with Crippen molar-refractivity contribution in [3.63, 3.8) is 0 Å². The lowest BCUT2D eigenvalue weighted by atomic mass is 10.2. The topological polar surface area (TPSA) is 67.2 Å². The molecule has 0 saturated heterocycles. The van der Waals surface area contributed by atoms with Crippen LogP contribution in [-0.4, -0.2) is 40.1 Å². The van der Waals surface area contributed by atoms with E-state index in [1.807, 2.05) is 36.5 Å². The van der Waals surface area contributed by atoms with Crippen molar-refractivity contribution in [1.82, 2.24) is 20.0 Å². The van der Waals surface area contributed by atoms with Crippen molar-refractivity contribution >= 4 is 23.4 Å². The first-order valence-corrected chi connectivity index (χ1v) is 8.78. The number of nitrogens with one attached hydrogen (secondary N) is 1. The smallest absolute Gasteiger partial charge is 0.253 e. The van der Waals surface area contributed by atoms with Gasteiger partial charge in [-0.3, -0.25) is 9.59 Å². The van der Waals surface area contributed by atoms with Gasteiger partial charge in [-0.15, -0.1) is 0 Å². The molecule has 3 aromatic rings. The molecule has 6 nitrogen and oxygen atoms in total. The Balaban J connectivity index is 1.54. The van der Waals surface area contributed by atoms with E-state index in [2.05, 4.69) is 10.4 Å². The lowest BCUT2D eigenvalue weighted by Gasteiger charge is -2.16. The van der Waals surface area contributed by atoms with E-state index >= 15 is 0 Å². The van der Waals surface area contributed by atoms with Crippen LogP contribution in [0.5, 0.6) is 0 Å². The van der Waals surface area contributed by atoms with Crippen molar-refractivity contribution in [2.75, 3.05) is 13.6 Å². The maximum Gasteiger partial charge on any atom is 0.253 e. The first-order chi connectivity index (χ1) is 13.0. The molecule has 7 heteroatoms. The standard InChI is InChI=1S/C20H19ClN4O2/c1-24(13-15-11-23-25(14-15)16-7-3-2-4-8-16)19(26)12-22-20(27)17-9-5-6-10-18(17)21/h2-11,14H,12-13H2,1H3,(H,22,27). The molecule has 0 bridgehead atoms. The third kappa shape index (κ3) is 4.74. The van der Waals surface area contributed by atoms with E-state index < -0.39 is 0 Å². The van der Waals surface area contributed by atoms with Crippen LogP contribution in [0.25, 0.3) is 5.69 Å². The van der Waals surface area contributed by atoms with E-state index in [9.17, 15) is 9.59 Å². The summed E-state index contributed by atoms with van der Waals surface area (Å²) in [6, 6.07) is 16.4. The van der Waals surface area contributed by atoms with E-state index in [0.717, 1.165) is 11.3 Å². The average Bonchev–Trinajstić information content (AvgIpc) is 3.15. The predicted octanol–water partition coefficient (Wildman–Crippen LogP) is 2.91. The highest BCUT2D eigenvalue weighted by atomic mass is 35.5. The van der Waals surface area contributed by atoms with Crippen LogP contribution in [0.15, 0.2) is 67.0 Å². The highest BCUT2D eigenvalue weighted by Gasteiger charge is 2.14. The van der Waals surface area contributed by atoms with E-state index in [1.54, 1.807) is 47.1 Å². The molecule has 138 valence electrons. The molecule has 0 aliphatic rings. The molecule has 1 heterocycles. The van der Waals surface area contributed by atoms with Gasteiger partial charge in [0.2, 0.25) is 5.91 Å². The summed E-state index contributed by atoms with van der Waals surface area (Å²) >= 11 is 5.99. The second-order valence-corrected chi connectivity index (χ2v) is 6.45. The molecule has 3 rings (SSSR count). The van der Waals surface area contributed by atoms with Gasteiger partial charge in [-0.25, -0.2) is 4.68 Å². The quantitative estimate of drug-likeness (QED) is 0.712. The van der Waals surface area contributed by atoms with E-state index in [0.29, 0.717) is 17.1 Å². The van der Waals surface area contributed by atoms with Gasteiger partial charge in [-0.1, -0.05) is 41.9 Å². The summed E-state index contributed by atoms with van der Waals surface area (Å²) in [7, 11) is 1.68. The molecular formula is C20H19ClN4O2. The molecule has 2 aromatic carbocycles. The third-order valence-corrected chi connectivity index (χ3v) is 4.35. The molecule has 27 heavy (non-hydrogen) atoms. The largest absolute Gasteiger partial charge is 0.343 e. The molecule has 1 N–H and O–H groups in total. The summed E-state index contributed by atoms with van der Waals surface area (Å²) < 4.78 is 1.76. The number of halogens is 1. The van der Waals surface area contributed by atoms with Crippen molar-refractivity contribution in [2.24, 2.45) is 0 Å². The number of amides is 2. The molecule has 0 aliphatic heterocycles. The molecule has 2 amide bonds. The number of nitrogens with zero attached hydrogens (tertiary/aromatic N) is 3. The number of rotatable bonds is 6. The molecule has 0 saturated carbocycles. The molecule has 1 aromatic heterocycles. The van der Waals surface area contributed by atoms with Crippen molar-refractivity contribution < 1.29 is 9.59 Å². The second-order valence-electron chi connectivity index (χ2n) is 6.04. The van der Waals surface area contributed by atoms with Crippen molar-refractivity contribution in [1.29, 1.82) is 0 Å². The zero-order valence-corrected chi connectivity index (χ0v) is 15.6. The van der Waals surface area contributed by atoms with Crippen molar-refractivity contribution in [3.8, 4) is 5.69 Å². The maximum atomic E-state index is 12.3. The number of para-hydroxylation sites is 1. The molecule has 0 unspecified atom stereocenters. The van der Waals surface area contributed by atoms with Crippen LogP contribution >= 0.6 is 11.6 Å². The lowest BCUT2D eigenvalue weighted by Crippen LogP contribution is -2.37. The van der Waals surface area contributed by atoms with Crippen LogP contribution in [0.3, 0.4) is 0 Å². The van der Waals surface area contributed by atoms with Gasteiger partial charge < -0.3 is 10.2 Å². The summed E-state index contributed by atoms with van der Waals surface area (Å²) in [4.78, 5) is 26.0. The third-order valence-electron chi connectivity index (χ3n) is 4.02. The Morgan fingerprint density at radius 1 is 1.11 bits per heavy atom. The average molecular weight is 383 g/mol. The van der Waals surface area contributed by atoms with Gasteiger partial charge in [0.05, 0.1) is 29.0 Å². The SMILES string of the molecule is CN(Cc1cnn(-c2ccccc2)c1)C(=O)CNC(=O)c1ccccc1Cl. The minimum absolute atomic E-state index is 0.104. The Morgan fingerprint density at radius 3 is 2.56 bits per heavy atom. The predicted molar refractivity (Wildman–Crippen MR) is 104 cm³/mol. The maximum absolute atomic E-state index is 12.3. The summed E-state index contributed by atoms with van der Waals surface area (Å²) in [5.74, 6) is -0.581. The Morgan fingerprint density at radius 2 is 1.81 bits per heavy atom. The fourth-order valence-electron chi connectivity index (χ4n) is 2.56. The zero-order valence-electron chi connectivity index (χ0n) is 14.8. The van der Waals surface area contributed by atoms with Crippen molar-refractivity contribution in [3.05, 3.63) is 83.1 Å². The monoisotopic (exact) mass is 382 g/mol. The Bertz CT molecular complexity index is 940. The molecule has 0 aliphatic carbocycles. The fourth-order valence-corrected chi connectivity index (χ4v) is 2.78. The van der Waals surface area contributed by atoms with Crippen LogP contribution in [-0.2, 0) is 11.3 Å². The van der Waals surface area contributed by atoms with E-state index in [4.69, 9.17) is 11.6 Å². The first-order valence-electron chi connectivity index (χ1n) is 8.40. The van der Waals surface area contributed by atoms with Gasteiger partial charge in [-0.2, -0.15) is 5.10 Å². The number of likely N-dealkylation sites (N-methyl/N-ethyl adjacent to an activating group) is 1. The molecule has 0 fully saturated rings. The van der Waals surface area contributed by atoms with Crippen LogP contribution in [0, 0.1) is 0 Å². The number of benzene rings is 2. The molecule has 0 radical (unpaired) electrons. The van der Waals surface area contributed by atoms with E-state index in [-0.39, 0.29) is 18.4 Å². The second kappa shape index (κ2) is 8.51. The molecule has 0 atom stereocenters. The highest BCUT2D eigenvalue weighted by Crippen LogP contribution is 2.14. The van der Waals surface area contributed by atoms with Crippen LogP contribution < -0.4 is 5.32 Å². The number of carbonyl (C=O) groups is 2. The van der Waals surface area contributed by atoms with Crippen LogP contribution in [0.4, 0.5) is 0 Å². The summed E-state index contributed by atoms with van der Waals surface area (Å²) in [5.41, 5.74) is 2.19. The Hall–Kier alpha value is -3.12. The van der Waals surface area contributed by atoms with Crippen LogP contribution in [0.1, 0.15) is 15.9 Å². The first kappa shape index (κ1) is 18.7. The molecule has 0 spiro atoms. The van der Waals surface area contributed by atoms with Crippen LogP contribution in [0.2, 0.25) is 5.02 Å². The minimum atomic E-state index is -0.376.